The number of ketones is 4. The first-order valence-electron chi connectivity index (χ1n) is 12.4. The Labute approximate surface area is 222 Å². The number of aromatic hydroxyl groups is 1. The van der Waals surface area contributed by atoms with Gasteiger partial charge in [-0.05, 0) is 54.2 Å². The number of hydrogen-bond donors (Lipinski definition) is 4. The van der Waals surface area contributed by atoms with Crippen LogP contribution in [0.5, 0.6) is 11.5 Å². The second kappa shape index (κ2) is 9.42. The van der Waals surface area contributed by atoms with E-state index in [0.717, 1.165) is 5.56 Å². The van der Waals surface area contributed by atoms with Gasteiger partial charge in [-0.3, -0.25) is 28.8 Å². The number of hydrogen-bond acceptors (Lipinski definition) is 9. The number of nitrogens with two attached hydrogens (primary N) is 1. The number of primary amides is 1. The summed E-state index contributed by atoms with van der Waals surface area (Å²) < 4.78 is 5.12. The molecule has 2 saturated carbocycles. The largest absolute Gasteiger partial charge is 0.507 e. The zero-order valence-electron chi connectivity index (χ0n) is 20.9. The van der Waals surface area contributed by atoms with Gasteiger partial charge in [0.15, 0.2) is 34.7 Å². The van der Waals surface area contributed by atoms with Crippen molar-refractivity contribution in [3.05, 3.63) is 53.1 Å². The number of rotatable bonds is 5. The standard InChI is InChI=1S/C28H26N2O9/c1-39-15-4-2-12(3-5-15)8-20(33)30-17-6-7-18(31)22-16(17)10-13-9-14-11-19(32)23(27(29)37)26(36)28(14,38)25(35)21(13)24(22)34/h2-7,13-14,21,23,31,38H,8-11H2,1H3,(H2,29,37)(H,30,33)/t13-,14+,21?,23?,28+/m1/s1. The summed E-state index contributed by atoms with van der Waals surface area (Å²) in [7, 11) is 1.53. The van der Waals surface area contributed by atoms with E-state index in [4.69, 9.17) is 10.5 Å². The highest BCUT2D eigenvalue weighted by Crippen LogP contribution is 2.50. The molecule has 2 amide bonds. The highest BCUT2D eigenvalue weighted by atomic mass is 16.5. The third-order valence-corrected chi connectivity index (χ3v) is 8.08. The van der Waals surface area contributed by atoms with Gasteiger partial charge in [-0.25, -0.2) is 0 Å². The first-order valence-corrected chi connectivity index (χ1v) is 12.4. The lowest BCUT2D eigenvalue weighted by atomic mass is 9.54. The molecule has 0 spiro atoms. The molecule has 0 radical (unpaired) electrons. The number of amides is 2. The molecule has 2 aromatic rings. The third kappa shape index (κ3) is 4.09. The Morgan fingerprint density at radius 3 is 2.38 bits per heavy atom. The molecule has 202 valence electrons. The lowest BCUT2D eigenvalue weighted by Crippen LogP contribution is -2.68. The fourth-order valence-corrected chi connectivity index (χ4v) is 6.21. The van der Waals surface area contributed by atoms with Gasteiger partial charge in [-0.15, -0.1) is 0 Å². The maximum atomic E-state index is 13.6. The molecule has 5 atom stereocenters. The van der Waals surface area contributed by atoms with Gasteiger partial charge in [-0.1, -0.05) is 12.1 Å². The van der Waals surface area contributed by atoms with E-state index in [0.29, 0.717) is 11.3 Å². The summed E-state index contributed by atoms with van der Waals surface area (Å²) in [6.45, 7) is 0. The number of fused-ring (bicyclic) bond motifs is 3. The number of anilines is 1. The number of ether oxygens (including phenoxy) is 1. The maximum Gasteiger partial charge on any atom is 0.235 e. The molecular weight excluding hydrogens is 508 g/mol. The van der Waals surface area contributed by atoms with Crippen molar-refractivity contribution in [1.82, 2.24) is 0 Å². The molecule has 2 unspecified atom stereocenters. The smallest absolute Gasteiger partial charge is 0.235 e. The molecule has 39 heavy (non-hydrogen) atoms. The van der Waals surface area contributed by atoms with Crippen molar-refractivity contribution in [2.45, 2.75) is 31.3 Å². The predicted octanol–water partition coefficient (Wildman–Crippen LogP) is 0.517. The van der Waals surface area contributed by atoms with Crippen molar-refractivity contribution in [2.75, 3.05) is 12.4 Å². The van der Waals surface area contributed by atoms with E-state index in [1.165, 1.54) is 19.2 Å². The number of carbonyl (C=O) groups excluding carboxylic acids is 6. The quantitative estimate of drug-likeness (QED) is 0.313. The van der Waals surface area contributed by atoms with Crippen LogP contribution in [0.1, 0.15) is 34.3 Å². The maximum absolute atomic E-state index is 13.6. The normalized spacial score (nSPS) is 27.7. The third-order valence-electron chi connectivity index (χ3n) is 8.08. The van der Waals surface area contributed by atoms with E-state index in [-0.39, 0.29) is 36.4 Å². The average Bonchev–Trinajstić information content (AvgIpc) is 2.88. The summed E-state index contributed by atoms with van der Waals surface area (Å²) >= 11 is 0. The van der Waals surface area contributed by atoms with Crippen LogP contribution in [0.25, 0.3) is 0 Å². The fraction of sp³-hybridized carbons (Fsp3) is 0.357. The van der Waals surface area contributed by atoms with Crippen molar-refractivity contribution in [2.24, 2.45) is 29.4 Å². The lowest BCUT2D eigenvalue weighted by molar-refractivity contribution is -0.175. The molecule has 0 saturated heterocycles. The number of nitrogens with one attached hydrogen (secondary N) is 1. The monoisotopic (exact) mass is 534 g/mol. The van der Waals surface area contributed by atoms with E-state index >= 15 is 0 Å². The van der Waals surface area contributed by atoms with E-state index in [9.17, 15) is 39.0 Å². The minimum absolute atomic E-state index is 0.0263. The molecule has 5 rings (SSSR count). The molecule has 11 heteroatoms. The first-order chi connectivity index (χ1) is 18.5. The SMILES string of the molecule is COc1ccc(CC(=O)Nc2ccc(O)c3c2C[C@H]2C[C@H]4CC(=O)C(C(N)=O)C(=O)[C@@]4(O)C(=O)C2C3=O)cc1. The van der Waals surface area contributed by atoms with Crippen LogP contribution in [-0.4, -0.2) is 57.9 Å². The Kier molecular flexibility index (Phi) is 6.34. The second-order valence-corrected chi connectivity index (χ2v) is 10.3. The number of benzene rings is 2. The van der Waals surface area contributed by atoms with E-state index in [2.05, 4.69) is 5.32 Å². The molecule has 0 heterocycles. The Morgan fingerprint density at radius 1 is 1.05 bits per heavy atom. The van der Waals surface area contributed by atoms with Gasteiger partial charge >= 0.3 is 0 Å². The number of aliphatic hydroxyl groups is 1. The average molecular weight is 535 g/mol. The van der Waals surface area contributed by atoms with Crippen LogP contribution >= 0.6 is 0 Å². The van der Waals surface area contributed by atoms with Gasteiger partial charge in [0.05, 0.1) is 25.0 Å². The molecule has 0 bridgehead atoms. The highest BCUT2D eigenvalue weighted by molar-refractivity contribution is 6.31. The van der Waals surface area contributed by atoms with Crippen LogP contribution in [-0.2, 0) is 36.8 Å². The molecule has 11 nitrogen and oxygen atoms in total. The number of phenolic OH excluding ortho intramolecular Hbond substituents is 1. The van der Waals surface area contributed by atoms with Crippen molar-refractivity contribution in [3.8, 4) is 11.5 Å². The molecule has 5 N–H and O–H groups in total. The Bertz CT molecular complexity index is 1450. The summed E-state index contributed by atoms with van der Waals surface area (Å²) in [6, 6.07) is 9.60. The van der Waals surface area contributed by atoms with Gasteiger partial charge < -0.3 is 26.0 Å². The molecule has 2 aromatic carbocycles. The molecule has 0 aliphatic heterocycles. The Morgan fingerprint density at radius 2 is 1.74 bits per heavy atom. The zero-order valence-corrected chi connectivity index (χ0v) is 20.9. The minimum atomic E-state index is -2.71. The second-order valence-electron chi connectivity index (χ2n) is 10.3. The summed E-state index contributed by atoms with van der Waals surface area (Å²) in [5.41, 5.74) is 3.63. The number of carbonyl (C=O) groups is 6. The predicted molar refractivity (Wildman–Crippen MR) is 134 cm³/mol. The molecule has 3 aliphatic rings. The van der Waals surface area contributed by atoms with Crippen LogP contribution in [0.15, 0.2) is 36.4 Å². The molecule has 2 fully saturated rings. The summed E-state index contributed by atoms with van der Waals surface area (Å²) in [6.07, 6.45) is -0.357. The number of methoxy groups -OCH3 is 1. The van der Waals surface area contributed by atoms with Crippen LogP contribution < -0.4 is 15.8 Å². The van der Waals surface area contributed by atoms with Crippen molar-refractivity contribution in [1.29, 1.82) is 0 Å². The van der Waals surface area contributed by atoms with Crippen molar-refractivity contribution in [3.63, 3.8) is 0 Å². The highest BCUT2D eigenvalue weighted by Gasteiger charge is 2.66. The van der Waals surface area contributed by atoms with Gasteiger partial charge in [-0.2, -0.15) is 0 Å². The van der Waals surface area contributed by atoms with Gasteiger partial charge in [0, 0.05) is 18.0 Å². The first kappa shape index (κ1) is 26.2. The van der Waals surface area contributed by atoms with E-state index in [1.54, 1.807) is 24.3 Å². The summed E-state index contributed by atoms with van der Waals surface area (Å²) in [4.78, 5) is 77.2. The summed E-state index contributed by atoms with van der Waals surface area (Å²) in [5.74, 6) is -10.7. The molecule has 0 aromatic heterocycles. The minimum Gasteiger partial charge on any atom is -0.507 e. The Balaban J connectivity index is 1.45. The fourth-order valence-electron chi connectivity index (χ4n) is 6.21. The number of phenols is 1. The molecule has 3 aliphatic carbocycles. The van der Waals surface area contributed by atoms with E-state index in [1.807, 2.05) is 0 Å². The van der Waals surface area contributed by atoms with E-state index < -0.39 is 70.5 Å². The zero-order chi connectivity index (χ0) is 28.2. The Hall–Kier alpha value is -4.38. The van der Waals surface area contributed by atoms with Gasteiger partial charge in [0.25, 0.3) is 0 Å². The lowest BCUT2D eigenvalue weighted by Gasteiger charge is -2.48. The topological polar surface area (TPSA) is 190 Å². The number of Topliss-reactive ketones (excluding diaryl/α,β-unsaturated/α-hetero) is 4. The van der Waals surface area contributed by atoms with Crippen LogP contribution in [0.3, 0.4) is 0 Å². The van der Waals surface area contributed by atoms with Crippen LogP contribution in [0.4, 0.5) is 5.69 Å². The molecular formula is C28H26N2O9. The van der Waals surface area contributed by atoms with Crippen LogP contribution in [0, 0.1) is 23.7 Å². The van der Waals surface area contributed by atoms with Crippen molar-refractivity contribution >= 4 is 40.6 Å². The summed E-state index contributed by atoms with van der Waals surface area (Å²) in [5, 5.41) is 24.6. The van der Waals surface area contributed by atoms with Gasteiger partial charge in [0.1, 0.15) is 11.5 Å². The van der Waals surface area contributed by atoms with Gasteiger partial charge in [0.2, 0.25) is 11.8 Å². The van der Waals surface area contributed by atoms with Crippen molar-refractivity contribution < 1.29 is 43.7 Å². The van der Waals surface area contributed by atoms with Crippen LogP contribution in [0.2, 0.25) is 0 Å².